The fraction of sp³-hybridized carbons (Fsp3) is 0. The molecule has 0 saturated carbocycles. The van der Waals surface area contributed by atoms with Crippen LogP contribution < -0.4 is 5.73 Å². The van der Waals surface area contributed by atoms with Crippen molar-refractivity contribution in [3.8, 4) is 0 Å². The van der Waals surface area contributed by atoms with Gasteiger partial charge in [-0.1, -0.05) is 23.2 Å². The Bertz CT molecular complexity index is 317. The van der Waals surface area contributed by atoms with Gasteiger partial charge in [-0.2, -0.15) is 0 Å². The van der Waals surface area contributed by atoms with Crippen molar-refractivity contribution in [2.75, 3.05) is 0 Å². The fourth-order valence-corrected chi connectivity index (χ4v) is 1.41. The minimum absolute atomic E-state index is 0.299. The van der Waals surface area contributed by atoms with E-state index in [1.165, 1.54) is 12.1 Å². The van der Waals surface area contributed by atoms with Gasteiger partial charge in [0.25, 0.3) is 0 Å². The van der Waals surface area contributed by atoms with Gasteiger partial charge in [-0.15, -0.1) is 0 Å². The zero-order valence-electron chi connectivity index (χ0n) is 5.77. The summed E-state index contributed by atoms with van der Waals surface area (Å²) in [6.07, 6.45) is 0. The first-order valence-electron chi connectivity index (χ1n) is 2.96. The quantitative estimate of drug-likeness (QED) is 0.782. The second kappa shape index (κ2) is 3.64. The summed E-state index contributed by atoms with van der Waals surface area (Å²) in [6, 6.07) is 2.92. The van der Waals surface area contributed by atoms with Gasteiger partial charge in [-0.25, -0.2) is 0 Å². The van der Waals surface area contributed by atoms with E-state index >= 15 is 0 Å². The third kappa shape index (κ3) is 1.91. The maximum Gasteiger partial charge on any atom is 0.248 e. The van der Waals surface area contributed by atoms with E-state index in [1.54, 1.807) is 0 Å². The second-order valence-electron chi connectivity index (χ2n) is 2.12. The van der Waals surface area contributed by atoms with Crippen molar-refractivity contribution in [2.24, 2.45) is 5.73 Å². The van der Waals surface area contributed by atoms with Crippen LogP contribution in [0.15, 0.2) is 16.6 Å². The molecule has 0 fully saturated rings. The van der Waals surface area contributed by atoms with E-state index in [2.05, 4.69) is 15.9 Å². The van der Waals surface area contributed by atoms with E-state index in [4.69, 9.17) is 28.9 Å². The average Bonchev–Trinajstić information content (AvgIpc) is 1.99. The molecule has 2 N–H and O–H groups in total. The van der Waals surface area contributed by atoms with Crippen molar-refractivity contribution in [2.45, 2.75) is 0 Å². The van der Waals surface area contributed by atoms with E-state index in [1.807, 2.05) is 0 Å². The molecule has 1 amide bonds. The van der Waals surface area contributed by atoms with Crippen molar-refractivity contribution in [1.82, 2.24) is 0 Å². The highest BCUT2D eigenvalue weighted by molar-refractivity contribution is 9.10. The van der Waals surface area contributed by atoms with Crippen molar-refractivity contribution in [1.29, 1.82) is 0 Å². The third-order valence-corrected chi connectivity index (χ3v) is 3.18. The molecule has 0 heterocycles. The standard InChI is InChI=1S/C7H4BrCl2NO/c8-6-4(9)1-3(7(11)12)2-5(6)10/h1-2H,(H2,11,12). The molecule has 1 aromatic carbocycles. The van der Waals surface area contributed by atoms with Crippen LogP contribution in [-0.2, 0) is 0 Å². The van der Waals surface area contributed by atoms with Gasteiger partial charge in [0.15, 0.2) is 0 Å². The van der Waals surface area contributed by atoms with Gasteiger partial charge in [0.1, 0.15) is 0 Å². The van der Waals surface area contributed by atoms with Crippen molar-refractivity contribution < 1.29 is 4.79 Å². The number of rotatable bonds is 1. The van der Waals surface area contributed by atoms with Gasteiger partial charge < -0.3 is 5.73 Å². The maximum absolute atomic E-state index is 10.7. The number of nitrogens with two attached hydrogens (primary N) is 1. The molecule has 0 aromatic heterocycles. The van der Waals surface area contributed by atoms with Crippen LogP contribution in [0.3, 0.4) is 0 Å². The molecule has 1 aromatic rings. The molecule has 0 bridgehead atoms. The number of hydrogen-bond donors (Lipinski definition) is 1. The van der Waals surface area contributed by atoms with Crippen LogP contribution in [0.1, 0.15) is 10.4 Å². The van der Waals surface area contributed by atoms with Crippen LogP contribution in [0.2, 0.25) is 10.0 Å². The molecule has 0 aliphatic rings. The number of amides is 1. The maximum atomic E-state index is 10.7. The first kappa shape index (κ1) is 9.84. The van der Waals surface area contributed by atoms with Crippen molar-refractivity contribution in [3.05, 3.63) is 32.2 Å². The van der Waals surface area contributed by atoms with E-state index < -0.39 is 5.91 Å². The summed E-state index contributed by atoms with van der Waals surface area (Å²) in [6.45, 7) is 0. The highest BCUT2D eigenvalue weighted by Crippen LogP contribution is 2.31. The minimum atomic E-state index is -0.550. The van der Waals surface area contributed by atoms with Gasteiger partial charge in [-0.05, 0) is 28.1 Å². The SMILES string of the molecule is NC(=O)c1cc(Cl)c(Br)c(Cl)c1. The Kier molecular flexibility index (Phi) is 2.99. The van der Waals surface area contributed by atoms with Crippen molar-refractivity contribution >= 4 is 45.0 Å². The molecule has 0 radical (unpaired) electrons. The zero-order valence-corrected chi connectivity index (χ0v) is 8.87. The van der Waals surface area contributed by atoms with Crippen molar-refractivity contribution in [3.63, 3.8) is 0 Å². The molecule has 0 aliphatic heterocycles. The lowest BCUT2D eigenvalue weighted by atomic mass is 10.2. The molecule has 2 nitrogen and oxygen atoms in total. The summed E-state index contributed by atoms with van der Waals surface area (Å²) in [5.74, 6) is -0.550. The van der Waals surface area contributed by atoms with E-state index in [0.717, 1.165) is 0 Å². The molecule has 5 heteroatoms. The minimum Gasteiger partial charge on any atom is -0.366 e. The fourth-order valence-electron chi connectivity index (χ4n) is 0.698. The first-order valence-corrected chi connectivity index (χ1v) is 4.51. The predicted molar refractivity (Wildman–Crippen MR) is 52.7 cm³/mol. The van der Waals surface area contributed by atoms with Crippen LogP contribution >= 0.6 is 39.1 Å². The van der Waals surface area contributed by atoms with Gasteiger partial charge in [0, 0.05) is 5.56 Å². The molecule has 0 spiro atoms. The molecule has 0 unspecified atom stereocenters. The van der Waals surface area contributed by atoms with Crippen LogP contribution in [0.5, 0.6) is 0 Å². The van der Waals surface area contributed by atoms with Crippen LogP contribution in [0, 0.1) is 0 Å². The second-order valence-corrected chi connectivity index (χ2v) is 3.73. The summed E-state index contributed by atoms with van der Waals surface area (Å²) in [5, 5.41) is 0.743. The molecule has 0 saturated heterocycles. The zero-order chi connectivity index (χ0) is 9.30. The number of primary amides is 1. The third-order valence-electron chi connectivity index (χ3n) is 1.27. The summed E-state index contributed by atoms with van der Waals surface area (Å²) in [7, 11) is 0. The molecular weight excluding hydrogens is 265 g/mol. The molecule has 1 rings (SSSR count). The van der Waals surface area contributed by atoms with Crippen LogP contribution in [0.4, 0.5) is 0 Å². The Morgan fingerprint density at radius 2 is 1.75 bits per heavy atom. The Balaban J connectivity index is 3.31. The van der Waals surface area contributed by atoms with Crippen LogP contribution in [-0.4, -0.2) is 5.91 Å². The molecule has 12 heavy (non-hydrogen) atoms. The summed E-state index contributed by atoms with van der Waals surface area (Å²) < 4.78 is 0.566. The Morgan fingerprint density at radius 3 is 2.08 bits per heavy atom. The number of benzene rings is 1. The topological polar surface area (TPSA) is 43.1 Å². The lowest BCUT2D eigenvalue weighted by Crippen LogP contribution is -2.10. The Labute approximate surface area is 87.8 Å². The van der Waals surface area contributed by atoms with Gasteiger partial charge in [0.05, 0.1) is 14.5 Å². The largest absolute Gasteiger partial charge is 0.366 e. The monoisotopic (exact) mass is 267 g/mol. The van der Waals surface area contributed by atoms with Gasteiger partial charge in [0.2, 0.25) is 5.91 Å². The van der Waals surface area contributed by atoms with E-state index in [0.29, 0.717) is 20.1 Å². The summed E-state index contributed by atoms with van der Waals surface area (Å²) in [4.78, 5) is 10.7. The summed E-state index contributed by atoms with van der Waals surface area (Å²) >= 11 is 14.6. The molecule has 0 aliphatic carbocycles. The number of carbonyl (C=O) groups excluding carboxylic acids is 1. The number of halogens is 3. The first-order chi connectivity index (χ1) is 5.52. The van der Waals surface area contributed by atoms with Gasteiger partial charge in [-0.3, -0.25) is 4.79 Å². The molecule has 0 atom stereocenters. The number of carbonyl (C=O) groups is 1. The van der Waals surface area contributed by atoms with Crippen LogP contribution in [0.25, 0.3) is 0 Å². The lowest BCUT2D eigenvalue weighted by molar-refractivity contribution is 0.100. The molecular formula is C7H4BrCl2NO. The summed E-state index contributed by atoms with van der Waals surface area (Å²) in [5.41, 5.74) is 5.33. The lowest BCUT2D eigenvalue weighted by Gasteiger charge is -2.01. The van der Waals surface area contributed by atoms with Gasteiger partial charge >= 0.3 is 0 Å². The highest BCUT2D eigenvalue weighted by atomic mass is 79.9. The molecule has 64 valence electrons. The number of hydrogen-bond acceptors (Lipinski definition) is 1. The smallest absolute Gasteiger partial charge is 0.248 e. The highest BCUT2D eigenvalue weighted by Gasteiger charge is 2.08. The normalized spacial score (nSPS) is 9.92. The Hall–Kier alpha value is -0.250. The Morgan fingerprint density at radius 1 is 1.33 bits per heavy atom. The van der Waals surface area contributed by atoms with E-state index in [-0.39, 0.29) is 0 Å². The predicted octanol–water partition coefficient (Wildman–Crippen LogP) is 2.85. The average molecular weight is 269 g/mol. The van der Waals surface area contributed by atoms with E-state index in [9.17, 15) is 4.79 Å².